The van der Waals surface area contributed by atoms with Crippen LogP contribution in [0, 0.1) is 0 Å². The third-order valence-corrected chi connectivity index (χ3v) is 3.94. The molecule has 6 nitrogen and oxygen atoms in total. The molecule has 0 atom stereocenters. The van der Waals surface area contributed by atoms with E-state index in [-0.39, 0.29) is 29.2 Å². The number of carbonyl (C=O) groups is 2. The van der Waals surface area contributed by atoms with Gasteiger partial charge in [-0.2, -0.15) is 0 Å². The topological polar surface area (TPSA) is 84.2 Å². The summed E-state index contributed by atoms with van der Waals surface area (Å²) in [5.41, 5.74) is 1.50. The van der Waals surface area contributed by atoms with E-state index in [9.17, 15) is 9.59 Å². The molecule has 2 aromatic rings. The summed E-state index contributed by atoms with van der Waals surface area (Å²) in [7, 11) is 0. The minimum Gasteiger partial charge on any atom is -0.359 e. The van der Waals surface area contributed by atoms with Gasteiger partial charge >= 0.3 is 0 Å². The van der Waals surface area contributed by atoms with E-state index in [0.29, 0.717) is 17.1 Å². The lowest BCUT2D eigenvalue weighted by molar-refractivity contribution is -0.115. The van der Waals surface area contributed by atoms with Gasteiger partial charge in [-0.3, -0.25) is 9.59 Å². The van der Waals surface area contributed by atoms with Crippen molar-refractivity contribution in [2.24, 2.45) is 0 Å². The summed E-state index contributed by atoms with van der Waals surface area (Å²) in [6.45, 7) is 12.2. The maximum Gasteiger partial charge on any atom is 0.251 e. The van der Waals surface area contributed by atoms with Crippen LogP contribution in [-0.4, -0.2) is 23.5 Å². The predicted octanol–water partition coefficient (Wildman–Crippen LogP) is 3.64. The van der Waals surface area contributed by atoms with Crippen molar-refractivity contribution in [1.29, 1.82) is 0 Å². The van der Waals surface area contributed by atoms with Gasteiger partial charge in [0.15, 0.2) is 5.82 Å². The molecule has 2 rings (SSSR count). The highest BCUT2D eigenvalue weighted by atomic mass is 16.5. The van der Waals surface area contributed by atoms with Crippen LogP contribution in [0.25, 0.3) is 0 Å². The number of carbonyl (C=O) groups excluding carboxylic acids is 2. The summed E-state index contributed by atoms with van der Waals surface area (Å²) in [5, 5.41) is 9.04. The van der Waals surface area contributed by atoms with Crippen molar-refractivity contribution in [2.45, 2.75) is 52.4 Å². The Labute approximate surface area is 154 Å². The standard InChI is InChI=1S/C20H27N3O3/c1-19(2,3)14-9-7-13(8-10-14)18(25)21-12-17(24)22-16-11-15(26-23-16)20(4,5)6/h7-11H,12H2,1-6H3,(H,21,25)(H,22,23,24). The highest BCUT2D eigenvalue weighted by molar-refractivity contribution is 5.99. The van der Waals surface area contributed by atoms with Crippen LogP contribution in [0.15, 0.2) is 34.9 Å². The van der Waals surface area contributed by atoms with Crippen LogP contribution < -0.4 is 10.6 Å². The number of aromatic nitrogens is 1. The summed E-state index contributed by atoms with van der Waals surface area (Å²) in [6, 6.07) is 9.07. The summed E-state index contributed by atoms with van der Waals surface area (Å²) < 4.78 is 5.21. The Bertz CT molecular complexity index is 778. The first kappa shape index (κ1) is 19.7. The molecule has 0 spiro atoms. The van der Waals surface area contributed by atoms with Gasteiger partial charge in [-0.25, -0.2) is 0 Å². The monoisotopic (exact) mass is 357 g/mol. The highest BCUT2D eigenvalue weighted by Crippen LogP contribution is 2.24. The van der Waals surface area contributed by atoms with Crippen LogP contribution in [0.2, 0.25) is 0 Å². The SMILES string of the molecule is CC(C)(C)c1ccc(C(=O)NCC(=O)Nc2cc(C(C)(C)C)on2)cc1. The summed E-state index contributed by atoms with van der Waals surface area (Å²) in [6.07, 6.45) is 0. The molecule has 140 valence electrons. The highest BCUT2D eigenvalue weighted by Gasteiger charge is 2.20. The van der Waals surface area contributed by atoms with Gasteiger partial charge in [0.25, 0.3) is 5.91 Å². The summed E-state index contributed by atoms with van der Waals surface area (Å²) in [5.74, 6) is 0.356. The van der Waals surface area contributed by atoms with E-state index in [1.165, 1.54) is 0 Å². The lowest BCUT2D eigenvalue weighted by Gasteiger charge is -2.19. The zero-order chi connectivity index (χ0) is 19.5. The molecule has 0 unspecified atom stereocenters. The molecule has 0 fully saturated rings. The maximum absolute atomic E-state index is 12.2. The minimum absolute atomic E-state index is 0.0262. The van der Waals surface area contributed by atoms with Crippen LogP contribution in [0.5, 0.6) is 0 Å². The van der Waals surface area contributed by atoms with Gasteiger partial charge < -0.3 is 15.2 Å². The van der Waals surface area contributed by atoms with E-state index in [2.05, 4.69) is 36.6 Å². The zero-order valence-electron chi connectivity index (χ0n) is 16.3. The molecule has 0 aliphatic rings. The van der Waals surface area contributed by atoms with Gasteiger partial charge in [0.05, 0.1) is 6.54 Å². The van der Waals surface area contributed by atoms with Crippen LogP contribution in [0.3, 0.4) is 0 Å². The Balaban J connectivity index is 1.89. The first-order valence-corrected chi connectivity index (χ1v) is 8.62. The van der Waals surface area contributed by atoms with E-state index in [0.717, 1.165) is 5.56 Å². The Hall–Kier alpha value is -2.63. The molecule has 1 heterocycles. The number of nitrogens with zero attached hydrogens (tertiary/aromatic N) is 1. The van der Waals surface area contributed by atoms with E-state index in [1.807, 2.05) is 32.9 Å². The second-order valence-electron chi connectivity index (χ2n) is 8.38. The summed E-state index contributed by atoms with van der Waals surface area (Å²) in [4.78, 5) is 24.2. The number of benzene rings is 1. The number of hydrogen-bond donors (Lipinski definition) is 2. The summed E-state index contributed by atoms with van der Waals surface area (Å²) >= 11 is 0. The van der Waals surface area contributed by atoms with Gasteiger partial charge in [-0.05, 0) is 23.1 Å². The minimum atomic E-state index is -0.363. The van der Waals surface area contributed by atoms with Crippen LogP contribution >= 0.6 is 0 Å². The number of nitrogens with one attached hydrogen (secondary N) is 2. The molecular formula is C20H27N3O3. The van der Waals surface area contributed by atoms with Crippen molar-refractivity contribution in [3.8, 4) is 0 Å². The van der Waals surface area contributed by atoms with Crippen LogP contribution in [0.4, 0.5) is 5.82 Å². The maximum atomic E-state index is 12.2. The van der Waals surface area contributed by atoms with E-state index >= 15 is 0 Å². The fourth-order valence-corrected chi connectivity index (χ4v) is 2.26. The van der Waals surface area contributed by atoms with Gasteiger partial charge in [0.2, 0.25) is 5.91 Å². The molecule has 2 amide bonds. The molecule has 2 N–H and O–H groups in total. The van der Waals surface area contributed by atoms with Crippen molar-refractivity contribution in [1.82, 2.24) is 10.5 Å². The average molecular weight is 357 g/mol. The molecule has 1 aromatic carbocycles. The first-order chi connectivity index (χ1) is 12.0. The molecule has 0 saturated carbocycles. The molecule has 6 heteroatoms. The van der Waals surface area contributed by atoms with Crippen LogP contribution in [0.1, 0.15) is 63.2 Å². The van der Waals surface area contributed by atoms with Crippen molar-refractivity contribution >= 4 is 17.6 Å². The quantitative estimate of drug-likeness (QED) is 0.875. The average Bonchev–Trinajstić information content (AvgIpc) is 3.00. The van der Waals surface area contributed by atoms with Gasteiger partial charge in [-0.1, -0.05) is 58.8 Å². The number of hydrogen-bond acceptors (Lipinski definition) is 4. The lowest BCUT2D eigenvalue weighted by Crippen LogP contribution is -2.33. The predicted molar refractivity (Wildman–Crippen MR) is 101 cm³/mol. The molecule has 0 aliphatic carbocycles. The number of amides is 2. The Kier molecular flexibility index (Phi) is 5.54. The zero-order valence-corrected chi connectivity index (χ0v) is 16.3. The van der Waals surface area contributed by atoms with E-state index in [1.54, 1.807) is 18.2 Å². The number of rotatable bonds is 4. The van der Waals surface area contributed by atoms with Crippen molar-refractivity contribution in [3.05, 3.63) is 47.2 Å². The molecule has 0 bridgehead atoms. The molecule has 1 aromatic heterocycles. The largest absolute Gasteiger partial charge is 0.359 e. The third kappa shape index (κ3) is 5.18. The van der Waals surface area contributed by atoms with E-state index < -0.39 is 0 Å². The molecule has 0 radical (unpaired) electrons. The lowest BCUT2D eigenvalue weighted by atomic mass is 9.87. The van der Waals surface area contributed by atoms with Crippen LogP contribution in [-0.2, 0) is 15.6 Å². The Morgan fingerprint density at radius 2 is 1.62 bits per heavy atom. The van der Waals surface area contributed by atoms with Gasteiger partial charge in [0, 0.05) is 17.0 Å². The Morgan fingerprint density at radius 3 is 2.12 bits per heavy atom. The third-order valence-electron chi connectivity index (χ3n) is 3.94. The molecular weight excluding hydrogens is 330 g/mol. The van der Waals surface area contributed by atoms with Crippen molar-refractivity contribution in [3.63, 3.8) is 0 Å². The van der Waals surface area contributed by atoms with Gasteiger partial charge in [-0.15, -0.1) is 0 Å². The second kappa shape index (κ2) is 7.32. The molecule has 26 heavy (non-hydrogen) atoms. The first-order valence-electron chi connectivity index (χ1n) is 8.62. The second-order valence-corrected chi connectivity index (χ2v) is 8.38. The Morgan fingerprint density at radius 1 is 1.00 bits per heavy atom. The normalized spacial score (nSPS) is 11.9. The van der Waals surface area contributed by atoms with E-state index in [4.69, 9.17) is 4.52 Å². The number of anilines is 1. The molecule has 0 saturated heterocycles. The van der Waals surface area contributed by atoms with Crippen molar-refractivity contribution in [2.75, 3.05) is 11.9 Å². The smallest absolute Gasteiger partial charge is 0.251 e. The fraction of sp³-hybridized carbons (Fsp3) is 0.450. The fourth-order valence-electron chi connectivity index (χ4n) is 2.26. The van der Waals surface area contributed by atoms with Crippen molar-refractivity contribution < 1.29 is 14.1 Å². The molecule has 0 aliphatic heterocycles. The van der Waals surface area contributed by atoms with Gasteiger partial charge in [0.1, 0.15) is 5.76 Å².